The van der Waals surface area contributed by atoms with Gasteiger partial charge in [-0.2, -0.15) is 0 Å². The molecule has 11 heteroatoms. The maximum atomic E-state index is 12.4. The zero-order chi connectivity index (χ0) is 19.3. The van der Waals surface area contributed by atoms with Gasteiger partial charge in [-0.05, 0) is 18.9 Å². The minimum absolute atomic E-state index is 0.0352. The molecule has 0 N–H and O–H groups in total. The molecule has 0 radical (unpaired) electrons. The monoisotopic (exact) mass is 404 g/mol. The predicted octanol–water partition coefficient (Wildman–Crippen LogP) is 1.63. The van der Waals surface area contributed by atoms with Crippen molar-refractivity contribution < 1.29 is 27.7 Å². The summed E-state index contributed by atoms with van der Waals surface area (Å²) in [5.74, 6) is -1.30. The van der Waals surface area contributed by atoms with E-state index in [1.54, 1.807) is 0 Å². The number of sulfone groups is 1. The minimum atomic E-state index is -3.14. The number of hydrogen-bond donors (Lipinski definition) is 0. The summed E-state index contributed by atoms with van der Waals surface area (Å²) < 4.78 is 28.3. The van der Waals surface area contributed by atoms with E-state index in [9.17, 15) is 28.1 Å². The van der Waals surface area contributed by atoms with Crippen LogP contribution in [0.1, 0.15) is 35.9 Å². The Kier molecular flexibility index (Phi) is 6.70. The number of carbonyl (C=O) groups is 2. The van der Waals surface area contributed by atoms with E-state index in [0.717, 1.165) is 6.42 Å². The molecule has 1 aliphatic heterocycles. The fourth-order valence-corrected chi connectivity index (χ4v) is 5.12. The zero-order valence-electron chi connectivity index (χ0n) is 14.3. The number of nitrogens with zero attached hydrogens (tertiary/aromatic N) is 2. The molecule has 1 aromatic rings. The molecule has 1 fully saturated rings. The van der Waals surface area contributed by atoms with Crippen molar-refractivity contribution in [3.63, 3.8) is 0 Å². The number of rotatable bonds is 8. The number of esters is 1. The number of ether oxygens (including phenoxy) is 1. The van der Waals surface area contributed by atoms with Crippen LogP contribution in [0.5, 0.6) is 0 Å². The lowest BCUT2D eigenvalue weighted by Gasteiger charge is -2.28. The van der Waals surface area contributed by atoms with Crippen molar-refractivity contribution >= 4 is 38.1 Å². The van der Waals surface area contributed by atoms with Crippen LogP contribution in [0.4, 0.5) is 5.00 Å². The highest BCUT2D eigenvalue weighted by molar-refractivity contribution is 7.91. The average molecular weight is 404 g/mol. The Balaban J connectivity index is 1.97. The zero-order valence-corrected chi connectivity index (χ0v) is 15.9. The van der Waals surface area contributed by atoms with E-state index in [0.29, 0.717) is 30.7 Å². The molecular formula is C15H20N2O7S2. The summed E-state index contributed by atoms with van der Waals surface area (Å²) in [7, 11) is -3.14. The summed E-state index contributed by atoms with van der Waals surface area (Å²) in [5.41, 5.74) is 0. The summed E-state index contributed by atoms with van der Waals surface area (Å²) in [6.45, 7) is 1.83. The Bertz CT molecular complexity index is 788. The number of nitro groups is 1. The van der Waals surface area contributed by atoms with Crippen LogP contribution in [-0.4, -0.2) is 60.8 Å². The van der Waals surface area contributed by atoms with Crippen LogP contribution >= 0.6 is 11.3 Å². The SMILES string of the molecule is CCCCN(C(=O)COC(=O)c1ccc([N+](=O)[O-])s1)C1CCS(=O)(=O)C1. The lowest BCUT2D eigenvalue weighted by molar-refractivity contribution is -0.380. The van der Waals surface area contributed by atoms with Gasteiger partial charge in [-0.25, -0.2) is 13.2 Å². The van der Waals surface area contributed by atoms with Crippen molar-refractivity contribution in [2.45, 2.75) is 32.2 Å². The van der Waals surface area contributed by atoms with Gasteiger partial charge in [-0.3, -0.25) is 14.9 Å². The fraction of sp³-hybridized carbons (Fsp3) is 0.600. The second-order valence-corrected chi connectivity index (χ2v) is 9.26. The van der Waals surface area contributed by atoms with Gasteiger partial charge in [0, 0.05) is 18.7 Å². The third kappa shape index (κ3) is 5.24. The van der Waals surface area contributed by atoms with E-state index in [1.165, 1.54) is 17.0 Å². The highest BCUT2D eigenvalue weighted by Gasteiger charge is 2.34. The first-order chi connectivity index (χ1) is 12.2. The van der Waals surface area contributed by atoms with Gasteiger partial charge in [0.25, 0.3) is 5.91 Å². The van der Waals surface area contributed by atoms with Crippen molar-refractivity contribution in [3.8, 4) is 0 Å². The molecule has 0 spiro atoms. The van der Waals surface area contributed by atoms with E-state index < -0.39 is 39.3 Å². The third-order valence-corrected chi connectivity index (χ3v) is 6.79. The standard InChI is InChI=1S/C15H20N2O7S2/c1-2-3-7-16(11-6-8-26(22,23)10-11)13(18)9-24-15(19)12-4-5-14(25-12)17(20)21/h4-5,11H,2-3,6-10H2,1H3. The van der Waals surface area contributed by atoms with Gasteiger partial charge in [0.1, 0.15) is 4.88 Å². The number of thiophene rings is 1. The van der Waals surface area contributed by atoms with E-state index in [2.05, 4.69) is 0 Å². The van der Waals surface area contributed by atoms with Gasteiger partial charge < -0.3 is 9.64 Å². The Morgan fingerprint density at radius 2 is 2.15 bits per heavy atom. The lowest BCUT2D eigenvalue weighted by atomic mass is 10.2. The molecule has 26 heavy (non-hydrogen) atoms. The van der Waals surface area contributed by atoms with E-state index in [1.807, 2.05) is 6.92 Å². The molecule has 9 nitrogen and oxygen atoms in total. The molecule has 1 aromatic heterocycles. The maximum absolute atomic E-state index is 12.4. The quantitative estimate of drug-likeness (QED) is 0.366. The third-order valence-electron chi connectivity index (χ3n) is 4.02. The molecule has 1 aliphatic rings. The summed E-state index contributed by atoms with van der Waals surface area (Å²) in [6.07, 6.45) is 1.93. The number of amides is 1. The van der Waals surface area contributed by atoms with Crippen LogP contribution in [-0.2, 0) is 19.4 Å². The molecule has 144 valence electrons. The minimum Gasteiger partial charge on any atom is -0.451 e. The van der Waals surface area contributed by atoms with Gasteiger partial charge in [-0.1, -0.05) is 24.7 Å². The van der Waals surface area contributed by atoms with Crippen LogP contribution in [0, 0.1) is 10.1 Å². The Morgan fingerprint density at radius 3 is 2.69 bits per heavy atom. The normalized spacial score (nSPS) is 18.4. The number of carbonyl (C=O) groups excluding carboxylic acids is 2. The van der Waals surface area contributed by atoms with Crippen molar-refractivity contribution in [2.24, 2.45) is 0 Å². The summed E-state index contributed by atoms with van der Waals surface area (Å²) in [5, 5.41) is 10.5. The van der Waals surface area contributed by atoms with Crippen molar-refractivity contribution in [2.75, 3.05) is 24.7 Å². The molecule has 1 amide bonds. The maximum Gasteiger partial charge on any atom is 0.349 e. The molecule has 0 aromatic carbocycles. The van der Waals surface area contributed by atoms with Crippen LogP contribution in [0.3, 0.4) is 0 Å². The predicted molar refractivity (Wildman–Crippen MR) is 94.9 cm³/mol. The highest BCUT2D eigenvalue weighted by atomic mass is 32.2. The first-order valence-corrected chi connectivity index (χ1v) is 10.8. The van der Waals surface area contributed by atoms with E-state index in [4.69, 9.17) is 4.74 Å². The molecule has 2 heterocycles. The van der Waals surface area contributed by atoms with Crippen LogP contribution in [0.2, 0.25) is 0 Å². The van der Waals surface area contributed by atoms with Gasteiger partial charge in [0.15, 0.2) is 16.4 Å². The van der Waals surface area contributed by atoms with E-state index >= 15 is 0 Å². The topological polar surface area (TPSA) is 124 Å². The molecule has 1 saturated heterocycles. The molecule has 0 saturated carbocycles. The fourth-order valence-electron chi connectivity index (χ4n) is 2.68. The van der Waals surface area contributed by atoms with Crippen LogP contribution < -0.4 is 0 Å². The smallest absolute Gasteiger partial charge is 0.349 e. The first kappa shape index (κ1) is 20.3. The average Bonchev–Trinajstić information content (AvgIpc) is 3.20. The molecule has 0 aliphatic carbocycles. The molecule has 2 rings (SSSR count). The van der Waals surface area contributed by atoms with Gasteiger partial charge in [0.05, 0.1) is 16.4 Å². The molecule has 1 atom stereocenters. The highest BCUT2D eigenvalue weighted by Crippen LogP contribution is 2.24. The summed E-state index contributed by atoms with van der Waals surface area (Å²) in [4.78, 5) is 35.9. The van der Waals surface area contributed by atoms with Crippen LogP contribution in [0.15, 0.2) is 12.1 Å². The summed E-state index contributed by atoms with van der Waals surface area (Å²) >= 11 is 0.670. The number of hydrogen-bond acceptors (Lipinski definition) is 8. The van der Waals surface area contributed by atoms with E-state index in [-0.39, 0.29) is 21.4 Å². The molecular weight excluding hydrogens is 384 g/mol. The second kappa shape index (κ2) is 8.58. The largest absolute Gasteiger partial charge is 0.451 e. The van der Waals surface area contributed by atoms with Crippen molar-refractivity contribution in [3.05, 3.63) is 27.1 Å². The van der Waals surface area contributed by atoms with Crippen LogP contribution in [0.25, 0.3) is 0 Å². The Labute approximate surface area is 155 Å². The lowest BCUT2D eigenvalue weighted by Crippen LogP contribution is -2.43. The Morgan fingerprint density at radius 1 is 1.42 bits per heavy atom. The molecule has 0 bridgehead atoms. The molecule has 1 unspecified atom stereocenters. The first-order valence-electron chi connectivity index (χ1n) is 8.14. The Hall–Kier alpha value is -2.01. The second-order valence-electron chi connectivity index (χ2n) is 5.97. The number of unbranched alkanes of at least 4 members (excludes halogenated alkanes) is 1. The van der Waals surface area contributed by atoms with Gasteiger partial charge in [-0.15, -0.1) is 0 Å². The van der Waals surface area contributed by atoms with Gasteiger partial charge in [0.2, 0.25) is 0 Å². The van der Waals surface area contributed by atoms with Gasteiger partial charge >= 0.3 is 11.0 Å². The van der Waals surface area contributed by atoms with Crippen molar-refractivity contribution in [1.29, 1.82) is 0 Å². The van der Waals surface area contributed by atoms with Crippen molar-refractivity contribution in [1.82, 2.24) is 4.90 Å². The summed E-state index contributed by atoms with van der Waals surface area (Å²) in [6, 6.07) is 2.06.